The molecule has 1 heterocycles. The fourth-order valence-corrected chi connectivity index (χ4v) is 1.98. The number of aromatic carboxylic acids is 1. The van der Waals surface area contributed by atoms with Crippen molar-refractivity contribution in [3.63, 3.8) is 0 Å². The Kier molecular flexibility index (Phi) is 4.03. The molecule has 0 spiro atoms. The van der Waals surface area contributed by atoms with Gasteiger partial charge in [-0.1, -0.05) is 11.6 Å². The average molecular weight is 353 g/mol. The number of carboxylic acids is 1. The Morgan fingerprint density at radius 3 is 2.30 bits per heavy atom. The number of aromatic amines is 1. The Hall–Kier alpha value is -2.62. The Bertz CT molecular complexity index is 885. The Morgan fingerprint density at radius 2 is 1.83 bits per heavy atom. The molecule has 0 amide bonds. The van der Waals surface area contributed by atoms with Crippen LogP contribution in [-0.4, -0.2) is 20.6 Å². The number of carboxylic acid groups (broad SMARTS) is 1. The fraction of sp³-hybridized carbons (Fsp3) is 0.0833. The van der Waals surface area contributed by atoms with E-state index in [0.29, 0.717) is 12.1 Å². The summed E-state index contributed by atoms with van der Waals surface area (Å²) in [6.07, 6.45) is -4.98. The summed E-state index contributed by atoms with van der Waals surface area (Å²) in [5, 5.41) is 8.38. The first-order valence-electron chi connectivity index (χ1n) is 5.68. The smallest absolute Gasteiger partial charge is 0.431 e. The van der Waals surface area contributed by atoms with Crippen LogP contribution in [0.2, 0.25) is 5.02 Å². The number of rotatable bonds is 2. The second kappa shape index (κ2) is 5.54. The van der Waals surface area contributed by atoms with E-state index in [0.717, 1.165) is 0 Å². The van der Waals surface area contributed by atoms with Crippen molar-refractivity contribution in [3.05, 3.63) is 61.1 Å². The predicted molar refractivity (Wildman–Crippen MR) is 69.6 cm³/mol. The van der Waals surface area contributed by atoms with Crippen LogP contribution in [0.4, 0.5) is 17.6 Å². The van der Waals surface area contributed by atoms with Gasteiger partial charge in [-0.3, -0.25) is 4.79 Å². The number of alkyl halides is 3. The van der Waals surface area contributed by atoms with Crippen LogP contribution in [0.25, 0.3) is 5.69 Å². The predicted octanol–water partition coefficient (Wildman–Crippen LogP) is 2.04. The maximum absolute atomic E-state index is 13.9. The van der Waals surface area contributed by atoms with Crippen LogP contribution in [0.3, 0.4) is 0 Å². The second-order valence-corrected chi connectivity index (χ2v) is 4.66. The molecule has 2 N–H and O–H groups in total. The minimum Gasteiger partial charge on any atom is -0.478 e. The van der Waals surface area contributed by atoms with Crippen LogP contribution in [0.1, 0.15) is 16.1 Å². The van der Waals surface area contributed by atoms with Gasteiger partial charge in [0.2, 0.25) is 0 Å². The Labute approximate surface area is 128 Å². The third-order valence-electron chi connectivity index (χ3n) is 2.75. The van der Waals surface area contributed by atoms with Crippen molar-refractivity contribution in [3.8, 4) is 5.69 Å². The lowest BCUT2D eigenvalue weighted by Crippen LogP contribution is -2.36. The first kappa shape index (κ1) is 16.7. The molecule has 2 aromatic rings. The van der Waals surface area contributed by atoms with Gasteiger partial charge in [-0.25, -0.2) is 18.5 Å². The minimum absolute atomic E-state index is 0.0351. The maximum atomic E-state index is 13.9. The molecule has 0 fully saturated rings. The Morgan fingerprint density at radius 1 is 1.22 bits per heavy atom. The van der Waals surface area contributed by atoms with Gasteiger partial charge in [-0.05, 0) is 12.1 Å². The SMILES string of the molecule is O=C(O)c1cc(-n2c(=O)cc(C(F)(F)F)[nH]c2=O)c(F)cc1Cl. The number of hydrogen-bond acceptors (Lipinski definition) is 3. The third kappa shape index (κ3) is 3.11. The second-order valence-electron chi connectivity index (χ2n) is 4.25. The third-order valence-corrected chi connectivity index (χ3v) is 3.06. The lowest BCUT2D eigenvalue weighted by Gasteiger charge is -2.10. The van der Waals surface area contributed by atoms with Gasteiger partial charge in [0.05, 0.1) is 16.3 Å². The molecule has 0 aliphatic carbocycles. The number of benzene rings is 1. The van der Waals surface area contributed by atoms with Gasteiger partial charge in [0, 0.05) is 6.07 Å². The number of nitrogens with zero attached hydrogens (tertiary/aromatic N) is 1. The van der Waals surface area contributed by atoms with Crippen LogP contribution >= 0.6 is 11.6 Å². The number of aromatic nitrogens is 2. The van der Waals surface area contributed by atoms with E-state index in [1.165, 1.54) is 4.98 Å². The lowest BCUT2D eigenvalue weighted by molar-refractivity contribution is -0.141. The quantitative estimate of drug-likeness (QED) is 0.809. The molecule has 0 unspecified atom stereocenters. The monoisotopic (exact) mass is 352 g/mol. The number of hydrogen-bond donors (Lipinski definition) is 2. The number of carbonyl (C=O) groups is 1. The molecule has 1 aromatic heterocycles. The van der Waals surface area contributed by atoms with E-state index in [4.69, 9.17) is 16.7 Å². The summed E-state index contributed by atoms with van der Waals surface area (Å²) in [5.74, 6) is -2.83. The summed E-state index contributed by atoms with van der Waals surface area (Å²) in [6.45, 7) is 0. The first-order chi connectivity index (χ1) is 10.5. The average Bonchev–Trinajstić information content (AvgIpc) is 2.38. The van der Waals surface area contributed by atoms with Crippen LogP contribution in [-0.2, 0) is 6.18 Å². The first-order valence-corrected chi connectivity index (χ1v) is 6.06. The molecule has 2 rings (SSSR count). The molecule has 0 bridgehead atoms. The summed E-state index contributed by atoms with van der Waals surface area (Å²) in [6, 6.07) is 1.16. The molecular weight excluding hydrogens is 348 g/mol. The zero-order chi connectivity index (χ0) is 17.5. The van der Waals surface area contributed by atoms with Crippen LogP contribution in [0.15, 0.2) is 27.8 Å². The van der Waals surface area contributed by atoms with Crippen molar-refractivity contribution >= 4 is 17.6 Å². The molecule has 0 saturated carbocycles. The fourth-order valence-electron chi connectivity index (χ4n) is 1.75. The normalized spacial score (nSPS) is 11.5. The standard InChI is InChI=1S/C12H5ClF4N2O4/c13-5-2-6(14)7(1-4(5)10(21)22)19-9(20)3-8(12(15,16)17)18-11(19)23/h1-3H,(H,18,23)(H,21,22). The zero-order valence-corrected chi connectivity index (χ0v) is 11.5. The van der Waals surface area contributed by atoms with Gasteiger partial charge in [-0.2, -0.15) is 13.2 Å². The van der Waals surface area contributed by atoms with Crippen molar-refractivity contribution in [2.45, 2.75) is 6.18 Å². The van der Waals surface area contributed by atoms with Crippen LogP contribution < -0.4 is 11.2 Å². The maximum Gasteiger partial charge on any atom is 0.431 e. The van der Waals surface area contributed by atoms with Gasteiger partial charge in [0.25, 0.3) is 5.56 Å². The van der Waals surface area contributed by atoms with Crippen molar-refractivity contribution in [1.29, 1.82) is 0 Å². The summed E-state index contributed by atoms with van der Waals surface area (Å²) >= 11 is 5.51. The summed E-state index contributed by atoms with van der Waals surface area (Å²) in [7, 11) is 0. The topological polar surface area (TPSA) is 92.2 Å². The molecular formula is C12H5ClF4N2O4. The minimum atomic E-state index is -4.98. The van der Waals surface area contributed by atoms with E-state index in [-0.39, 0.29) is 10.6 Å². The van der Waals surface area contributed by atoms with Gasteiger partial charge in [0.1, 0.15) is 11.5 Å². The summed E-state index contributed by atoms with van der Waals surface area (Å²) in [4.78, 5) is 35.7. The molecule has 0 saturated heterocycles. The molecule has 0 radical (unpaired) electrons. The van der Waals surface area contributed by atoms with Crippen molar-refractivity contribution in [2.24, 2.45) is 0 Å². The largest absolute Gasteiger partial charge is 0.478 e. The Balaban J connectivity index is 2.79. The van der Waals surface area contributed by atoms with Crippen molar-refractivity contribution in [2.75, 3.05) is 0 Å². The van der Waals surface area contributed by atoms with Gasteiger partial charge in [-0.15, -0.1) is 0 Å². The van der Waals surface area contributed by atoms with E-state index in [1.807, 2.05) is 0 Å². The number of halogens is 5. The van der Waals surface area contributed by atoms with Crippen LogP contribution in [0, 0.1) is 5.82 Å². The molecule has 122 valence electrons. The van der Waals surface area contributed by atoms with Gasteiger partial charge < -0.3 is 10.1 Å². The zero-order valence-electron chi connectivity index (χ0n) is 10.7. The highest BCUT2D eigenvalue weighted by atomic mass is 35.5. The molecule has 23 heavy (non-hydrogen) atoms. The summed E-state index contributed by atoms with van der Waals surface area (Å²) in [5.41, 5.74) is -6.15. The van der Waals surface area contributed by atoms with Gasteiger partial charge >= 0.3 is 17.8 Å². The molecule has 0 aliphatic heterocycles. The van der Waals surface area contributed by atoms with Crippen molar-refractivity contribution < 1.29 is 27.5 Å². The molecule has 1 aromatic carbocycles. The molecule has 6 nitrogen and oxygen atoms in total. The van der Waals surface area contributed by atoms with Crippen molar-refractivity contribution in [1.82, 2.24) is 9.55 Å². The number of nitrogens with one attached hydrogen (secondary N) is 1. The highest BCUT2D eigenvalue weighted by Crippen LogP contribution is 2.26. The van der Waals surface area contributed by atoms with E-state index in [9.17, 15) is 31.9 Å². The van der Waals surface area contributed by atoms with Gasteiger partial charge in [0.15, 0.2) is 0 Å². The summed E-state index contributed by atoms with van der Waals surface area (Å²) < 4.78 is 51.4. The van der Waals surface area contributed by atoms with E-state index in [1.54, 1.807) is 0 Å². The van der Waals surface area contributed by atoms with E-state index in [2.05, 4.69) is 0 Å². The molecule has 11 heteroatoms. The highest BCUT2D eigenvalue weighted by molar-refractivity contribution is 6.33. The van der Waals surface area contributed by atoms with Crippen LogP contribution in [0.5, 0.6) is 0 Å². The lowest BCUT2D eigenvalue weighted by atomic mass is 10.2. The van der Waals surface area contributed by atoms with E-state index >= 15 is 0 Å². The molecule has 0 aliphatic rings. The number of H-pyrrole nitrogens is 1. The molecule has 0 atom stereocenters. The van der Waals surface area contributed by atoms with E-state index < -0.39 is 51.2 Å². The highest BCUT2D eigenvalue weighted by Gasteiger charge is 2.33.